The molecule has 0 bridgehead atoms. The summed E-state index contributed by atoms with van der Waals surface area (Å²) in [7, 11) is 0. The van der Waals surface area contributed by atoms with Gasteiger partial charge in [-0.3, -0.25) is 14.4 Å². The lowest BCUT2D eigenvalue weighted by atomic mass is 9.91. The number of rotatable bonds is 8. The first-order chi connectivity index (χ1) is 24.2. The molecule has 11 nitrogen and oxygen atoms in total. The molecule has 0 unspecified atom stereocenters. The van der Waals surface area contributed by atoms with Gasteiger partial charge in [0.1, 0.15) is 11.1 Å². The first-order valence-electron chi connectivity index (χ1n) is 18.0. The highest BCUT2D eigenvalue weighted by Crippen LogP contribution is 2.26. The molecule has 2 saturated heterocycles. The summed E-state index contributed by atoms with van der Waals surface area (Å²) in [4.78, 5) is 51.8. The van der Waals surface area contributed by atoms with E-state index in [4.69, 9.17) is 9.84 Å². The number of aromatic nitrogens is 2. The maximum absolute atomic E-state index is 13.2. The zero-order valence-electron chi connectivity index (χ0n) is 30.7. The lowest BCUT2D eigenvalue weighted by Crippen LogP contribution is -2.49. The summed E-state index contributed by atoms with van der Waals surface area (Å²) in [6, 6.07) is 14.6. The SMILES string of the molecule is Cc1cccc2c1cc(C(=O)NCC1CCN(CC3(O)CCOCC3)CC1)c(=O)n2C(C)C.Cc1cccc2c1cc(C(=O)O)c(=O)n2C(C)C. The average molecular weight is 701 g/mol. The Hall–Kier alpha value is -4.32. The highest BCUT2D eigenvalue weighted by Gasteiger charge is 2.33. The number of likely N-dealkylation sites (tertiary alicyclic amines) is 1. The molecule has 2 aromatic heterocycles. The summed E-state index contributed by atoms with van der Waals surface area (Å²) in [5, 5.41) is 24.6. The van der Waals surface area contributed by atoms with Crippen LogP contribution in [0.2, 0.25) is 0 Å². The van der Waals surface area contributed by atoms with Gasteiger partial charge in [-0.25, -0.2) is 4.79 Å². The number of carbonyl (C=O) groups is 2. The van der Waals surface area contributed by atoms with Gasteiger partial charge in [0.25, 0.3) is 17.0 Å². The van der Waals surface area contributed by atoms with Gasteiger partial charge in [-0.05, 0) is 109 Å². The van der Waals surface area contributed by atoms with Crippen molar-refractivity contribution < 1.29 is 24.5 Å². The summed E-state index contributed by atoms with van der Waals surface area (Å²) in [5.41, 5.74) is 2.37. The number of hydrogen-bond donors (Lipinski definition) is 3. The summed E-state index contributed by atoms with van der Waals surface area (Å²) >= 11 is 0. The van der Waals surface area contributed by atoms with Gasteiger partial charge < -0.3 is 34.3 Å². The molecule has 4 aromatic rings. The Kier molecular flexibility index (Phi) is 11.8. The van der Waals surface area contributed by atoms with E-state index >= 15 is 0 Å². The third-order valence-corrected chi connectivity index (χ3v) is 10.3. The summed E-state index contributed by atoms with van der Waals surface area (Å²) in [6.07, 6.45) is 3.34. The number of aryl methyl sites for hydroxylation is 2. The molecule has 51 heavy (non-hydrogen) atoms. The fourth-order valence-electron chi connectivity index (χ4n) is 7.36. The second kappa shape index (κ2) is 15.9. The number of carboxylic acids is 1. The van der Waals surface area contributed by atoms with E-state index in [1.807, 2.05) is 77.9 Å². The Bertz CT molecular complexity index is 2020. The van der Waals surface area contributed by atoms with Crippen molar-refractivity contribution in [2.24, 2.45) is 5.92 Å². The van der Waals surface area contributed by atoms with E-state index in [1.165, 1.54) is 10.6 Å². The number of pyridine rings is 2. The Morgan fingerprint density at radius 2 is 1.33 bits per heavy atom. The van der Waals surface area contributed by atoms with Crippen LogP contribution in [0.1, 0.15) is 97.3 Å². The Morgan fingerprint density at radius 1 is 0.843 bits per heavy atom. The van der Waals surface area contributed by atoms with Crippen molar-refractivity contribution in [3.05, 3.63) is 91.5 Å². The number of carbonyl (C=O) groups excluding carboxylic acids is 1. The largest absolute Gasteiger partial charge is 0.477 e. The van der Waals surface area contributed by atoms with Gasteiger partial charge in [0.2, 0.25) is 0 Å². The van der Waals surface area contributed by atoms with Crippen LogP contribution in [0.4, 0.5) is 0 Å². The molecule has 274 valence electrons. The molecule has 4 heterocycles. The van der Waals surface area contributed by atoms with Gasteiger partial charge in [0.15, 0.2) is 0 Å². The minimum atomic E-state index is -1.18. The van der Waals surface area contributed by atoms with Gasteiger partial charge >= 0.3 is 5.97 Å². The van der Waals surface area contributed by atoms with Crippen LogP contribution >= 0.6 is 0 Å². The van der Waals surface area contributed by atoms with Crippen molar-refractivity contribution in [2.75, 3.05) is 39.4 Å². The lowest BCUT2D eigenvalue weighted by molar-refractivity contribution is -0.0829. The predicted molar refractivity (Wildman–Crippen MR) is 200 cm³/mol. The van der Waals surface area contributed by atoms with Gasteiger partial charge in [-0.15, -0.1) is 0 Å². The first-order valence-corrected chi connectivity index (χ1v) is 18.0. The first kappa shape index (κ1) is 37.9. The number of fused-ring (bicyclic) bond motifs is 2. The number of benzene rings is 2. The molecule has 11 heteroatoms. The number of ether oxygens (including phenoxy) is 1. The number of piperidine rings is 1. The van der Waals surface area contributed by atoms with Crippen molar-refractivity contribution >= 4 is 33.7 Å². The number of carboxylic acid groups (broad SMARTS) is 1. The van der Waals surface area contributed by atoms with Crippen molar-refractivity contribution in [3.8, 4) is 0 Å². The molecule has 2 aliphatic heterocycles. The van der Waals surface area contributed by atoms with E-state index in [9.17, 15) is 24.3 Å². The maximum atomic E-state index is 13.2. The minimum absolute atomic E-state index is 0.0376. The predicted octanol–water partition coefficient (Wildman–Crippen LogP) is 5.46. The summed E-state index contributed by atoms with van der Waals surface area (Å²) in [5.74, 6) is -1.10. The van der Waals surface area contributed by atoms with Crippen molar-refractivity contribution in [1.82, 2.24) is 19.4 Å². The fraction of sp³-hybridized carbons (Fsp3) is 0.500. The molecule has 0 radical (unpaired) electrons. The number of aromatic carboxylic acids is 1. The van der Waals surface area contributed by atoms with Crippen LogP contribution in [0.5, 0.6) is 0 Å². The van der Waals surface area contributed by atoms with E-state index in [-0.39, 0.29) is 34.7 Å². The zero-order chi connectivity index (χ0) is 37.0. The van der Waals surface area contributed by atoms with Crippen LogP contribution in [-0.2, 0) is 4.74 Å². The van der Waals surface area contributed by atoms with Gasteiger partial charge in [-0.1, -0.05) is 24.3 Å². The monoisotopic (exact) mass is 700 g/mol. The van der Waals surface area contributed by atoms with Crippen LogP contribution in [-0.4, -0.2) is 81.1 Å². The van der Waals surface area contributed by atoms with Gasteiger partial charge in [0, 0.05) is 62.0 Å². The number of nitrogens with one attached hydrogen (secondary N) is 1. The van der Waals surface area contributed by atoms with Crippen LogP contribution in [0.3, 0.4) is 0 Å². The maximum Gasteiger partial charge on any atom is 0.341 e. The Labute approximate surface area is 298 Å². The number of amides is 1. The summed E-state index contributed by atoms with van der Waals surface area (Å²) in [6.45, 7) is 15.9. The quantitative estimate of drug-likeness (QED) is 0.220. The smallest absolute Gasteiger partial charge is 0.341 e. The molecule has 0 spiro atoms. The van der Waals surface area contributed by atoms with Crippen LogP contribution in [0.25, 0.3) is 21.8 Å². The van der Waals surface area contributed by atoms with Crippen molar-refractivity contribution in [3.63, 3.8) is 0 Å². The van der Waals surface area contributed by atoms with E-state index < -0.39 is 17.1 Å². The van der Waals surface area contributed by atoms with Gasteiger partial charge in [0.05, 0.1) is 16.6 Å². The molecule has 1 amide bonds. The van der Waals surface area contributed by atoms with Crippen LogP contribution in [0, 0.1) is 19.8 Å². The molecular formula is C40H52N4O7. The molecule has 2 fully saturated rings. The van der Waals surface area contributed by atoms with E-state index in [2.05, 4.69) is 10.2 Å². The zero-order valence-corrected chi connectivity index (χ0v) is 30.7. The van der Waals surface area contributed by atoms with E-state index in [0.717, 1.165) is 58.9 Å². The van der Waals surface area contributed by atoms with Crippen LogP contribution < -0.4 is 16.4 Å². The molecular weight excluding hydrogens is 648 g/mol. The third kappa shape index (κ3) is 8.43. The van der Waals surface area contributed by atoms with Crippen molar-refractivity contribution in [1.29, 1.82) is 0 Å². The Morgan fingerprint density at radius 3 is 1.82 bits per heavy atom. The van der Waals surface area contributed by atoms with E-state index in [1.54, 1.807) is 10.6 Å². The molecule has 6 rings (SSSR count). The third-order valence-electron chi connectivity index (χ3n) is 10.3. The minimum Gasteiger partial charge on any atom is -0.477 e. The molecule has 0 aliphatic carbocycles. The Balaban J connectivity index is 0.000000236. The van der Waals surface area contributed by atoms with Crippen molar-refractivity contribution in [2.45, 2.75) is 84.9 Å². The number of aliphatic hydroxyl groups is 1. The van der Waals surface area contributed by atoms with E-state index in [0.29, 0.717) is 45.1 Å². The topological polar surface area (TPSA) is 143 Å². The molecule has 2 aliphatic rings. The molecule has 0 saturated carbocycles. The summed E-state index contributed by atoms with van der Waals surface area (Å²) < 4.78 is 8.63. The van der Waals surface area contributed by atoms with Gasteiger partial charge in [-0.2, -0.15) is 0 Å². The number of nitrogens with zero attached hydrogens (tertiary/aromatic N) is 3. The highest BCUT2D eigenvalue weighted by molar-refractivity contribution is 5.98. The standard InChI is InChI=1S/C26H37N3O4.C14H15NO3/c1-18(2)29-23-6-4-5-19(3)21(23)15-22(25(29)31)24(30)27-16-20-7-11-28(12-8-20)17-26(32)9-13-33-14-10-26;1-8(2)15-12-6-4-5-9(3)10(12)7-11(13(15)16)14(17)18/h4-6,15,18,20,32H,7-14,16-17H2,1-3H3,(H,27,30);4-8H,1-3H3,(H,17,18). The molecule has 2 aromatic carbocycles. The normalized spacial score (nSPS) is 16.7. The highest BCUT2D eigenvalue weighted by atomic mass is 16.5. The number of β-amino-alcohol motifs (C(OH)–C–C–N with tert-alkyl or cyclic N) is 1. The fourth-order valence-corrected chi connectivity index (χ4v) is 7.36. The van der Waals surface area contributed by atoms with Crippen LogP contribution in [0.15, 0.2) is 58.1 Å². The second-order valence-corrected chi connectivity index (χ2v) is 14.7. The lowest BCUT2D eigenvalue weighted by Gasteiger charge is -2.39. The number of hydrogen-bond acceptors (Lipinski definition) is 7. The molecule has 0 atom stereocenters. The molecule has 3 N–H and O–H groups in total. The second-order valence-electron chi connectivity index (χ2n) is 14.7. The average Bonchev–Trinajstić information content (AvgIpc) is 3.07.